The molecule has 1 aromatic carbocycles. The minimum Gasteiger partial charge on any atom is -0.192 e. The van der Waals surface area contributed by atoms with Crippen LogP contribution in [-0.4, -0.2) is 0 Å². The van der Waals surface area contributed by atoms with Gasteiger partial charge in [0.05, 0.1) is 0 Å². The fourth-order valence-corrected chi connectivity index (χ4v) is 6.48. The molecule has 3 aromatic rings. The quantitative estimate of drug-likeness (QED) is 0.386. The van der Waals surface area contributed by atoms with Crippen LogP contribution in [0, 0.1) is 50.4 Å². The molecule has 0 amide bonds. The molecule has 0 aliphatic heterocycles. The number of allylic oxidation sites excluding steroid dienone is 3. The van der Waals surface area contributed by atoms with E-state index in [0.29, 0.717) is 5.92 Å². The minimum absolute atomic E-state index is 0.131. The van der Waals surface area contributed by atoms with Gasteiger partial charge in [0.2, 0.25) is 0 Å². The summed E-state index contributed by atoms with van der Waals surface area (Å²) in [5.74, 6) is 0.439. The maximum Gasteiger partial charge on any atom is 0.130 e. The lowest BCUT2D eigenvalue weighted by Gasteiger charge is -2.11. The van der Waals surface area contributed by atoms with Gasteiger partial charge in [0.15, 0.2) is 0 Å². The van der Waals surface area contributed by atoms with E-state index in [0.717, 1.165) is 18.4 Å². The predicted octanol–water partition coefficient (Wildman–Crippen LogP) is 7.96. The lowest BCUT2D eigenvalue weighted by Crippen LogP contribution is -1.94. The Hall–Kier alpha value is -2.92. The third kappa shape index (κ3) is 4.28. The largest absolute Gasteiger partial charge is 0.192 e. The summed E-state index contributed by atoms with van der Waals surface area (Å²) in [6.07, 6.45) is 3.72. The van der Waals surface area contributed by atoms with E-state index in [1.54, 1.807) is 6.08 Å². The van der Waals surface area contributed by atoms with Crippen molar-refractivity contribution in [1.29, 1.82) is 10.5 Å². The van der Waals surface area contributed by atoms with Crippen molar-refractivity contribution in [3.63, 3.8) is 0 Å². The van der Waals surface area contributed by atoms with Crippen LogP contribution in [0.15, 0.2) is 42.0 Å². The van der Waals surface area contributed by atoms with E-state index in [2.05, 4.69) is 52.0 Å². The number of benzene rings is 1. The Kier molecular flexibility index (Phi) is 5.96. The Morgan fingerprint density at radius 1 is 0.839 bits per heavy atom. The normalized spacial score (nSPS) is 13.9. The van der Waals surface area contributed by atoms with E-state index in [1.807, 2.05) is 46.9 Å². The summed E-state index contributed by atoms with van der Waals surface area (Å²) in [5.41, 5.74) is 8.15. The summed E-state index contributed by atoms with van der Waals surface area (Å²) in [6, 6.07) is 16.9. The van der Waals surface area contributed by atoms with Crippen LogP contribution in [0.4, 0.5) is 0 Å². The highest BCUT2D eigenvalue weighted by Gasteiger charge is 2.29. The van der Waals surface area contributed by atoms with Crippen LogP contribution in [0.3, 0.4) is 0 Å². The highest BCUT2D eigenvalue weighted by atomic mass is 32.1. The number of hydrogen-bond acceptors (Lipinski definition) is 4. The first-order valence-corrected chi connectivity index (χ1v) is 12.0. The zero-order valence-electron chi connectivity index (χ0n) is 18.2. The molecule has 31 heavy (non-hydrogen) atoms. The first kappa shape index (κ1) is 21.3. The van der Waals surface area contributed by atoms with E-state index >= 15 is 0 Å². The van der Waals surface area contributed by atoms with Gasteiger partial charge in [-0.25, -0.2) is 0 Å². The van der Waals surface area contributed by atoms with Crippen LogP contribution in [-0.2, 0) is 0 Å². The Balaban J connectivity index is 1.70. The van der Waals surface area contributed by atoms with E-state index in [4.69, 9.17) is 10.5 Å². The lowest BCUT2D eigenvalue weighted by atomic mass is 9.93. The molecule has 2 heterocycles. The van der Waals surface area contributed by atoms with Crippen molar-refractivity contribution < 1.29 is 0 Å². The molecule has 0 spiro atoms. The summed E-state index contributed by atoms with van der Waals surface area (Å²) < 4.78 is 0. The molecule has 154 valence electrons. The van der Waals surface area contributed by atoms with Crippen molar-refractivity contribution >= 4 is 39.9 Å². The van der Waals surface area contributed by atoms with E-state index < -0.39 is 0 Å². The SMILES string of the molecule is Cc1cc(C2=C(c3cc(C)sc3C)CC(c3ccc(C=C(C#N)C#N)cc3)C2)c(C)s1. The molecule has 0 unspecified atom stereocenters. The monoisotopic (exact) mass is 440 g/mol. The molecule has 0 atom stereocenters. The first-order chi connectivity index (χ1) is 14.9. The summed E-state index contributed by atoms with van der Waals surface area (Å²) in [4.78, 5) is 5.53. The fraction of sp³-hybridized carbons (Fsp3) is 0.259. The predicted molar refractivity (Wildman–Crippen MR) is 132 cm³/mol. The van der Waals surface area contributed by atoms with Gasteiger partial charge in [-0.05, 0) is 98.1 Å². The molecule has 1 aliphatic carbocycles. The van der Waals surface area contributed by atoms with Crippen molar-refractivity contribution in [2.24, 2.45) is 0 Å². The van der Waals surface area contributed by atoms with Crippen molar-refractivity contribution in [1.82, 2.24) is 0 Å². The van der Waals surface area contributed by atoms with Gasteiger partial charge in [-0.15, -0.1) is 22.7 Å². The fourth-order valence-electron chi connectivity index (χ4n) is 4.57. The van der Waals surface area contributed by atoms with Gasteiger partial charge in [-0.1, -0.05) is 24.3 Å². The number of nitriles is 2. The summed E-state index contributed by atoms with van der Waals surface area (Å²) >= 11 is 3.76. The highest BCUT2D eigenvalue weighted by Crippen LogP contribution is 2.50. The molecule has 2 aromatic heterocycles. The van der Waals surface area contributed by atoms with Crippen LogP contribution in [0.5, 0.6) is 0 Å². The standard InChI is InChI=1S/C27H24N2S2/c1-16-9-24(18(3)30-16)26-12-23(13-27(26)25-10-17(2)31-19(25)4)22-7-5-20(6-8-22)11-21(14-28)15-29/h5-11,23H,12-13H2,1-4H3. The molecule has 0 radical (unpaired) electrons. The molecule has 0 fully saturated rings. The van der Waals surface area contributed by atoms with Crippen LogP contribution < -0.4 is 0 Å². The number of rotatable bonds is 4. The maximum absolute atomic E-state index is 8.99. The van der Waals surface area contributed by atoms with Gasteiger partial charge < -0.3 is 0 Å². The lowest BCUT2D eigenvalue weighted by molar-refractivity contribution is 0.764. The third-order valence-corrected chi connectivity index (χ3v) is 7.89. The van der Waals surface area contributed by atoms with Gasteiger partial charge in [0, 0.05) is 19.5 Å². The molecular formula is C27H24N2S2. The molecule has 0 bridgehead atoms. The number of hydrogen-bond donors (Lipinski definition) is 0. The average Bonchev–Trinajstić information content (AvgIpc) is 3.42. The first-order valence-electron chi connectivity index (χ1n) is 10.4. The maximum atomic E-state index is 8.99. The minimum atomic E-state index is 0.131. The molecule has 4 rings (SSSR count). The van der Waals surface area contributed by atoms with Gasteiger partial charge >= 0.3 is 0 Å². The van der Waals surface area contributed by atoms with Crippen molar-refractivity contribution in [2.45, 2.75) is 46.5 Å². The third-order valence-electron chi connectivity index (χ3n) is 5.96. The Morgan fingerprint density at radius 2 is 1.32 bits per heavy atom. The van der Waals surface area contributed by atoms with Crippen molar-refractivity contribution in [3.05, 3.63) is 83.7 Å². The zero-order chi connectivity index (χ0) is 22.1. The number of aryl methyl sites for hydroxylation is 4. The smallest absolute Gasteiger partial charge is 0.130 e. The molecule has 0 saturated heterocycles. The second-order valence-corrected chi connectivity index (χ2v) is 11.1. The Morgan fingerprint density at radius 3 is 1.71 bits per heavy atom. The van der Waals surface area contributed by atoms with Crippen LogP contribution >= 0.6 is 22.7 Å². The van der Waals surface area contributed by atoms with Gasteiger partial charge in [-0.2, -0.15) is 10.5 Å². The van der Waals surface area contributed by atoms with Gasteiger partial charge in [0.1, 0.15) is 17.7 Å². The molecular weight excluding hydrogens is 416 g/mol. The number of nitrogens with zero attached hydrogens (tertiary/aromatic N) is 2. The Bertz CT molecular complexity index is 1210. The number of thiophene rings is 2. The van der Waals surface area contributed by atoms with Crippen LogP contribution in [0.25, 0.3) is 17.2 Å². The summed E-state index contributed by atoms with van der Waals surface area (Å²) in [5, 5.41) is 18.0. The molecule has 0 saturated carbocycles. The van der Waals surface area contributed by atoms with Gasteiger partial charge in [0.25, 0.3) is 0 Å². The molecule has 0 N–H and O–H groups in total. The zero-order valence-corrected chi connectivity index (χ0v) is 19.9. The van der Waals surface area contributed by atoms with E-state index in [9.17, 15) is 0 Å². The summed E-state index contributed by atoms with van der Waals surface area (Å²) in [6.45, 7) is 8.85. The second kappa shape index (κ2) is 8.67. The van der Waals surface area contributed by atoms with Crippen LogP contribution in [0.2, 0.25) is 0 Å². The highest BCUT2D eigenvalue weighted by molar-refractivity contribution is 7.12. The average molecular weight is 441 g/mol. The van der Waals surface area contributed by atoms with E-state index in [-0.39, 0.29) is 5.57 Å². The van der Waals surface area contributed by atoms with E-state index in [1.165, 1.54) is 47.3 Å². The molecule has 2 nitrogen and oxygen atoms in total. The summed E-state index contributed by atoms with van der Waals surface area (Å²) in [7, 11) is 0. The topological polar surface area (TPSA) is 47.6 Å². The molecule has 1 aliphatic rings. The van der Waals surface area contributed by atoms with Gasteiger partial charge in [-0.3, -0.25) is 0 Å². The van der Waals surface area contributed by atoms with Crippen molar-refractivity contribution in [3.8, 4) is 12.1 Å². The van der Waals surface area contributed by atoms with Crippen molar-refractivity contribution in [2.75, 3.05) is 0 Å². The molecule has 4 heteroatoms. The second-order valence-electron chi connectivity index (χ2n) is 8.16. The Labute approximate surface area is 192 Å². The van der Waals surface area contributed by atoms with Crippen LogP contribution in [0.1, 0.15) is 60.5 Å².